The number of nitrogens with one attached hydrogen (secondary N) is 1. The van der Waals surface area contributed by atoms with E-state index in [1.54, 1.807) is 18.2 Å². The Bertz CT molecular complexity index is 902. The normalized spacial score (nSPS) is 15.6. The van der Waals surface area contributed by atoms with Crippen molar-refractivity contribution in [2.75, 3.05) is 13.1 Å². The molecule has 144 valence electrons. The summed E-state index contributed by atoms with van der Waals surface area (Å²) in [5, 5.41) is 3.02. The number of hydrogen-bond acceptors (Lipinski definition) is 3. The van der Waals surface area contributed by atoms with Gasteiger partial charge in [-0.3, -0.25) is 4.79 Å². The summed E-state index contributed by atoms with van der Waals surface area (Å²) in [7, 11) is -3.53. The first-order chi connectivity index (χ1) is 12.8. The zero-order chi connectivity index (χ0) is 19.5. The van der Waals surface area contributed by atoms with Crippen LogP contribution in [0.3, 0.4) is 0 Å². The van der Waals surface area contributed by atoms with Gasteiger partial charge in [0, 0.05) is 24.2 Å². The molecule has 2 aromatic rings. The predicted molar refractivity (Wildman–Crippen MR) is 106 cm³/mol. The average molecular weight is 387 g/mol. The summed E-state index contributed by atoms with van der Waals surface area (Å²) >= 11 is 0. The number of benzene rings is 2. The van der Waals surface area contributed by atoms with Gasteiger partial charge in [0.05, 0.1) is 4.90 Å². The lowest BCUT2D eigenvalue weighted by Crippen LogP contribution is -2.45. The molecule has 1 saturated heterocycles. The number of rotatable bonds is 6. The molecule has 0 atom stereocenters. The molecule has 0 saturated carbocycles. The summed E-state index contributed by atoms with van der Waals surface area (Å²) in [5.41, 5.74) is 1.03. The number of amides is 1. The minimum atomic E-state index is -3.53. The third kappa shape index (κ3) is 4.76. The summed E-state index contributed by atoms with van der Waals surface area (Å²) < 4.78 is 26.9. The number of carbonyl (C=O) groups is 1. The van der Waals surface area contributed by atoms with Crippen molar-refractivity contribution in [1.82, 2.24) is 9.62 Å². The van der Waals surface area contributed by atoms with Gasteiger partial charge in [0.1, 0.15) is 0 Å². The Kier molecular flexibility index (Phi) is 5.67. The Morgan fingerprint density at radius 1 is 1.04 bits per heavy atom. The van der Waals surface area contributed by atoms with E-state index < -0.39 is 15.6 Å². The maximum atomic E-state index is 12.7. The maximum absolute atomic E-state index is 12.7. The lowest BCUT2D eigenvalue weighted by Gasteiger charge is -2.26. The third-order valence-electron chi connectivity index (χ3n) is 4.74. The van der Waals surface area contributed by atoms with E-state index in [9.17, 15) is 13.2 Å². The summed E-state index contributed by atoms with van der Waals surface area (Å²) in [6, 6.07) is 16.3. The van der Waals surface area contributed by atoms with Crippen molar-refractivity contribution in [2.45, 2.75) is 43.5 Å². The highest BCUT2D eigenvalue weighted by Crippen LogP contribution is 2.22. The van der Waals surface area contributed by atoms with Crippen LogP contribution in [0, 0.1) is 0 Å². The first-order valence-corrected chi connectivity index (χ1v) is 10.7. The van der Waals surface area contributed by atoms with Gasteiger partial charge in [0.15, 0.2) is 0 Å². The summed E-state index contributed by atoms with van der Waals surface area (Å²) in [6.45, 7) is 5.01. The second-order valence-corrected chi connectivity index (χ2v) is 9.58. The van der Waals surface area contributed by atoms with Crippen molar-refractivity contribution in [3.05, 3.63) is 65.7 Å². The van der Waals surface area contributed by atoms with Gasteiger partial charge in [-0.25, -0.2) is 8.42 Å². The Morgan fingerprint density at radius 3 is 2.37 bits per heavy atom. The Balaban J connectivity index is 1.75. The molecule has 1 amide bonds. The van der Waals surface area contributed by atoms with Crippen LogP contribution in [0.4, 0.5) is 0 Å². The molecule has 6 heteroatoms. The van der Waals surface area contributed by atoms with Gasteiger partial charge < -0.3 is 5.32 Å². The van der Waals surface area contributed by atoms with Crippen LogP contribution in [0.1, 0.15) is 42.6 Å². The minimum absolute atomic E-state index is 0.179. The van der Waals surface area contributed by atoms with Crippen molar-refractivity contribution in [3.63, 3.8) is 0 Å². The molecule has 0 aromatic heterocycles. The standard InChI is InChI=1S/C21H26N2O3S/c1-21(2,16-17-9-4-3-5-10-17)22-20(24)18-11-8-12-19(15-18)27(25,26)23-13-6-7-14-23/h3-5,8-12,15H,6-7,13-14,16H2,1-2H3,(H,22,24). The van der Waals surface area contributed by atoms with Gasteiger partial charge in [-0.1, -0.05) is 36.4 Å². The molecule has 3 rings (SSSR count). The van der Waals surface area contributed by atoms with Gasteiger partial charge in [-0.05, 0) is 56.9 Å². The van der Waals surface area contributed by atoms with Crippen molar-refractivity contribution in [1.29, 1.82) is 0 Å². The molecule has 1 aliphatic heterocycles. The second-order valence-electron chi connectivity index (χ2n) is 7.64. The molecule has 1 heterocycles. The van der Waals surface area contributed by atoms with Crippen molar-refractivity contribution in [2.24, 2.45) is 0 Å². The van der Waals surface area contributed by atoms with E-state index in [0.29, 0.717) is 25.1 Å². The van der Waals surface area contributed by atoms with E-state index in [0.717, 1.165) is 18.4 Å². The fourth-order valence-corrected chi connectivity index (χ4v) is 4.97. The number of sulfonamides is 1. The lowest BCUT2D eigenvalue weighted by atomic mass is 9.94. The summed E-state index contributed by atoms with van der Waals surface area (Å²) in [4.78, 5) is 12.9. The van der Waals surface area contributed by atoms with Crippen molar-refractivity contribution < 1.29 is 13.2 Å². The molecule has 5 nitrogen and oxygen atoms in total. The van der Waals surface area contributed by atoms with Crippen LogP contribution in [-0.4, -0.2) is 37.3 Å². The van der Waals surface area contributed by atoms with Gasteiger partial charge in [-0.15, -0.1) is 0 Å². The highest BCUT2D eigenvalue weighted by molar-refractivity contribution is 7.89. The van der Waals surface area contributed by atoms with E-state index in [-0.39, 0.29) is 10.8 Å². The minimum Gasteiger partial charge on any atom is -0.347 e. The summed E-state index contributed by atoms with van der Waals surface area (Å²) in [6.07, 6.45) is 2.45. The van der Waals surface area contributed by atoms with Crippen LogP contribution in [0.5, 0.6) is 0 Å². The Morgan fingerprint density at radius 2 is 1.70 bits per heavy atom. The first kappa shape index (κ1) is 19.6. The number of hydrogen-bond donors (Lipinski definition) is 1. The molecule has 1 aliphatic rings. The average Bonchev–Trinajstić information content (AvgIpc) is 3.17. The molecular weight excluding hydrogens is 360 g/mol. The highest BCUT2D eigenvalue weighted by atomic mass is 32.2. The SMILES string of the molecule is CC(C)(Cc1ccccc1)NC(=O)c1cccc(S(=O)(=O)N2CCCC2)c1. The van der Waals surface area contributed by atoms with Crippen LogP contribution < -0.4 is 5.32 Å². The number of nitrogens with zero attached hydrogens (tertiary/aromatic N) is 1. The highest BCUT2D eigenvalue weighted by Gasteiger charge is 2.28. The Hall–Kier alpha value is -2.18. The molecule has 0 radical (unpaired) electrons. The predicted octanol–water partition coefficient (Wildman–Crippen LogP) is 3.22. The molecule has 1 N–H and O–H groups in total. The van der Waals surface area contributed by atoms with Gasteiger partial charge >= 0.3 is 0 Å². The molecular formula is C21H26N2O3S. The fourth-order valence-electron chi connectivity index (χ4n) is 3.41. The van der Waals surface area contributed by atoms with Crippen LogP contribution >= 0.6 is 0 Å². The van der Waals surface area contributed by atoms with E-state index in [1.165, 1.54) is 10.4 Å². The van der Waals surface area contributed by atoms with Crippen LogP contribution in [0.2, 0.25) is 0 Å². The van der Waals surface area contributed by atoms with E-state index >= 15 is 0 Å². The molecule has 0 aliphatic carbocycles. The maximum Gasteiger partial charge on any atom is 0.251 e. The topological polar surface area (TPSA) is 66.5 Å². The molecule has 27 heavy (non-hydrogen) atoms. The van der Waals surface area contributed by atoms with Gasteiger partial charge in [0.2, 0.25) is 10.0 Å². The van der Waals surface area contributed by atoms with Crippen LogP contribution in [-0.2, 0) is 16.4 Å². The second kappa shape index (κ2) is 7.82. The monoisotopic (exact) mass is 386 g/mol. The molecule has 0 bridgehead atoms. The lowest BCUT2D eigenvalue weighted by molar-refractivity contribution is 0.0913. The van der Waals surface area contributed by atoms with E-state index in [1.807, 2.05) is 44.2 Å². The van der Waals surface area contributed by atoms with Crippen molar-refractivity contribution >= 4 is 15.9 Å². The Labute approximate surface area is 161 Å². The van der Waals surface area contributed by atoms with Gasteiger partial charge in [-0.2, -0.15) is 4.31 Å². The molecule has 2 aromatic carbocycles. The molecule has 0 unspecified atom stereocenters. The quantitative estimate of drug-likeness (QED) is 0.829. The van der Waals surface area contributed by atoms with E-state index in [2.05, 4.69) is 5.32 Å². The first-order valence-electron chi connectivity index (χ1n) is 9.25. The largest absolute Gasteiger partial charge is 0.347 e. The molecule has 1 fully saturated rings. The number of carbonyl (C=O) groups excluding carboxylic acids is 1. The van der Waals surface area contributed by atoms with Gasteiger partial charge in [0.25, 0.3) is 5.91 Å². The smallest absolute Gasteiger partial charge is 0.251 e. The van der Waals surface area contributed by atoms with E-state index in [4.69, 9.17) is 0 Å². The summed E-state index contributed by atoms with van der Waals surface area (Å²) in [5.74, 6) is -0.269. The molecule has 0 spiro atoms. The fraction of sp³-hybridized carbons (Fsp3) is 0.381. The zero-order valence-corrected chi connectivity index (χ0v) is 16.6. The van der Waals surface area contributed by atoms with Crippen LogP contribution in [0.15, 0.2) is 59.5 Å². The third-order valence-corrected chi connectivity index (χ3v) is 6.63. The van der Waals surface area contributed by atoms with Crippen LogP contribution in [0.25, 0.3) is 0 Å². The van der Waals surface area contributed by atoms with Crippen molar-refractivity contribution in [3.8, 4) is 0 Å². The zero-order valence-electron chi connectivity index (χ0n) is 15.8.